The molecule has 29 heavy (non-hydrogen) atoms. The van der Waals surface area contributed by atoms with E-state index in [4.69, 9.17) is 4.74 Å². The van der Waals surface area contributed by atoms with Gasteiger partial charge in [-0.05, 0) is 36.7 Å². The highest BCUT2D eigenvalue weighted by Gasteiger charge is 2.43. The van der Waals surface area contributed by atoms with Crippen molar-refractivity contribution in [3.63, 3.8) is 0 Å². The highest BCUT2D eigenvalue weighted by Crippen LogP contribution is 2.34. The molecule has 0 saturated carbocycles. The van der Waals surface area contributed by atoms with Gasteiger partial charge in [-0.25, -0.2) is 0 Å². The molecule has 3 fully saturated rings. The van der Waals surface area contributed by atoms with Crippen LogP contribution < -0.4 is 10.6 Å². The molecule has 5 rings (SSSR count). The first-order valence-electron chi connectivity index (χ1n) is 10.4. The molecule has 8 nitrogen and oxygen atoms in total. The second-order valence-corrected chi connectivity index (χ2v) is 8.36. The summed E-state index contributed by atoms with van der Waals surface area (Å²) in [5, 5.41) is 5.74. The average molecular weight is 398 g/mol. The Labute approximate surface area is 169 Å². The number of nitrogens with zero attached hydrogens (tertiary/aromatic N) is 2. The number of piperidine rings is 2. The van der Waals surface area contributed by atoms with Gasteiger partial charge in [0.1, 0.15) is 11.8 Å². The van der Waals surface area contributed by atoms with Crippen molar-refractivity contribution in [1.82, 2.24) is 20.4 Å². The van der Waals surface area contributed by atoms with E-state index >= 15 is 0 Å². The molecule has 1 atom stereocenters. The van der Waals surface area contributed by atoms with Gasteiger partial charge in [0, 0.05) is 44.5 Å². The van der Waals surface area contributed by atoms with Crippen molar-refractivity contribution in [2.75, 3.05) is 26.2 Å². The molecule has 1 unspecified atom stereocenters. The normalized spacial score (nSPS) is 26.8. The first-order valence-corrected chi connectivity index (χ1v) is 10.4. The van der Waals surface area contributed by atoms with Crippen molar-refractivity contribution < 1.29 is 19.1 Å². The largest absolute Gasteiger partial charge is 0.359 e. The molecule has 4 aliphatic rings. The first-order chi connectivity index (χ1) is 14.1. The van der Waals surface area contributed by atoms with Gasteiger partial charge in [-0.3, -0.25) is 24.6 Å². The highest BCUT2D eigenvalue weighted by molar-refractivity contribution is 6.05. The average Bonchev–Trinajstić information content (AvgIpc) is 3.24. The van der Waals surface area contributed by atoms with E-state index < -0.39 is 6.04 Å². The lowest BCUT2D eigenvalue weighted by Crippen LogP contribution is -2.52. The number of rotatable bonds is 3. The Morgan fingerprint density at radius 2 is 2.00 bits per heavy atom. The number of fused-ring (bicyclic) bond motifs is 1. The molecule has 4 aliphatic heterocycles. The summed E-state index contributed by atoms with van der Waals surface area (Å²) in [6.07, 6.45) is 2.60. The van der Waals surface area contributed by atoms with Crippen LogP contribution in [0.3, 0.4) is 0 Å². The molecule has 0 bridgehead atoms. The summed E-state index contributed by atoms with van der Waals surface area (Å²) in [4.78, 5) is 40.6. The zero-order valence-electron chi connectivity index (χ0n) is 16.4. The van der Waals surface area contributed by atoms with Crippen molar-refractivity contribution in [1.29, 1.82) is 0 Å². The van der Waals surface area contributed by atoms with Gasteiger partial charge in [0.05, 0.1) is 6.61 Å². The lowest BCUT2D eigenvalue weighted by molar-refractivity contribution is -0.136. The lowest BCUT2D eigenvalue weighted by Gasteiger charge is -2.40. The minimum absolute atomic E-state index is 0.120. The van der Waals surface area contributed by atoms with E-state index in [1.807, 2.05) is 12.1 Å². The summed E-state index contributed by atoms with van der Waals surface area (Å²) in [7, 11) is 0. The smallest absolute Gasteiger partial charge is 0.255 e. The van der Waals surface area contributed by atoms with Crippen molar-refractivity contribution in [2.45, 2.75) is 50.5 Å². The first kappa shape index (κ1) is 18.7. The van der Waals surface area contributed by atoms with Crippen LogP contribution in [0.4, 0.5) is 0 Å². The minimum Gasteiger partial charge on any atom is -0.359 e. The van der Waals surface area contributed by atoms with Crippen LogP contribution >= 0.6 is 0 Å². The van der Waals surface area contributed by atoms with Gasteiger partial charge in [0.15, 0.2) is 0 Å². The fourth-order valence-corrected chi connectivity index (χ4v) is 5.06. The van der Waals surface area contributed by atoms with Gasteiger partial charge in [-0.15, -0.1) is 0 Å². The summed E-state index contributed by atoms with van der Waals surface area (Å²) in [6.45, 7) is 4.73. The quantitative estimate of drug-likeness (QED) is 0.715. The van der Waals surface area contributed by atoms with E-state index in [1.165, 1.54) is 0 Å². The zero-order chi connectivity index (χ0) is 20.0. The van der Waals surface area contributed by atoms with Crippen LogP contribution in [0.25, 0.3) is 0 Å². The van der Waals surface area contributed by atoms with E-state index in [1.54, 1.807) is 4.90 Å². The summed E-state index contributed by atoms with van der Waals surface area (Å²) in [5.41, 5.74) is 2.52. The maximum Gasteiger partial charge on any atom is 0.255 e. The van der Waals surface area contributed by atoms with Crippen molar-refractivity contribution in [2.24, 2.45) is 0 Å². The molecular weight excluding hydrogens is 372 g/mol. The molecule has 1 aromatic carbocycles. The number of hydrogen-bond acceptors (Lipinski definition) is 6. The summed E-state index contributed by atoms with van der Waals surface area (Å²) < 4.78 is 6.14. The van der Waals surface area contributed by atoms with Crippen LogP contribution in [-0.2, 0) is 27.4 Å². The minimum atomic E-state index is -0.568. The Bertz CT molecular complexity index is 864. The molecule has 2 N–H and O–H groups in total. The molecule has 0 aliphatic carbocycles. The van der Waals surface area contributed by atoms with Crippen molar-refractivity contribution in [3.05, 3.63) is 34.9 Å². The maximum absolute atomic E-state index is 13.0. The fraction of sp³-hybridized carbons (Fsp3) is 0.571. The Morgan fingerprint density at radius 3 is 2.79 bits per heavy atom. The predicted molar refractivity (Wildman–Crippen MR) is 104 cm³/mol. The second-order valence-electron chi connectivity index (χ2n) is 8.36. The van der Waals surface area contributed by atoms with E-state index in [0.29, 0.717) is 18.5 Å². The van der Waals surface area contributed by atoms with Crippen LogP contribution in [0, 0.1) is 0 Å². The van der Waals surface area contributed by atoms with Gasteiger partial charge in [0.2, 0.25) is 11.8 Å². The van der Waals surface area contributed by atoms with Gasteiger partial charge < -0.3 is 15.0 Å². The maximum atomic E-state index is 13.0. The van der Waals surface area contributed by atoms with E-state index in [2.05, 4.69) is 21.6 Å². The Morgan fingerprint density at radius 1 is 1.17 bits per heavy atom. The van der Waals surface area contributed by atoms with Crippen LogP contribution in [0.5, 0.6) is 0 Å². The monoisotopic (exact) mass is 398 g/mol. The summed E-state index contributed by atoms with van der Waals surface area (Å²) in [6, 6.07) is 5.48. The van der Waals surface area contributed by atoms with Crippen LogP contribution in [0.2, 0.25) is 0 Å². The number of ether oxygens (including phenoxy) is 1. The third-order valence-electron chi connectivity index (χ3n) is 6.66. The molecule has 154 valence electrons. The van der Waals surface area contributed by atoms with E-state index in [0.717, 1.165) is 56.8 Å². The van der Waals surface area contributed by atoms with Crippen LogP contribution in [0.15, 0.2) is 18.2 Å². The Hall–Kier alpha value is -2.29. The van der Waals surface area contributed by atoms with Gasteiger partial charge >= 0.3 is 0 Å². The van der Waals surface area contributed by atoms with Crippen LogP contribution in [-0.4, -0.2) is 65.5 Å². The topological polar surface area (TPSA) is 91.0 Å². The zero-order valence-corrected chi connectivity index (χ0v) is 16.4. The third-order valence-corrected chi connectivity index (χ3v) is 6.66. The Balaban J connectivity index is 1.33. The fourth-order valence-electron chi connectivity index (χ4n) is 5.06. The number of carbonyl (C=O) groups is 3. The summed E-state index contributed by atoms with van der Waals surface area (Å²) >= 11 is 0. The molecule has 1 spiro atoms. The molecule has 1 aromatic rings. The van der Waals surface area contributed by atoms with Gasteiger partial charge in [0.25, 0.3) is 5.91 Å². The molecule has 0 aromatic heterocycles. The number of imide groups is 1. The summed E-state index contributed by atoms with van der Waals surface area (Å²) in [5.74, 6) is -0.757. The lowest BCUT2D eigenvalue weighted by atomic mass is 9.99. The standard InChI is InChI=1S/C21H26N4O4/c26-18-4-3-17(19(27)23-18)25-13-15-2-1-14(11-16(15)20(25)28)12-24-9-10-29-21(24)5-7-22-8-6-21/h1-2,11,17,22H,3-10,12-13H2,(H,23,26,27). The molecular formula is C21H26N4O4. The number of hydrogen-bond donors (Lipinski definition) is 2. The molecule has 3 amide bonds. The van der Waals surface area contributed by atoms with Gasteiger partial charge in [-0.2, -0.15) is 0 Å². The van der Waals surface area contributed by atoms with Crippen molar-refractivity contribution >= 4 is 17.7 Å². The van der Waals surface area contributed by atoms with Gasteiger partial charge in [-0.1, -0.05) is 12.1 Å². The number of amides is 3. The molecule has 4 heterocycles. The van der Waals surface area contributed by atoms with Crippen LogP contribution in [0.1, 0.15) is 47.2 Å². The second kappa shape index (κ2) is 7.19. The number of nitrogens with one attached hydrogen (secondary N) is 2. The SMILES string of the molecule is O=C1CCC(N2Cc3ccc(CN4CCOC45CCNCC5)cc3C2=O)C(=O)N1. The number of benzene rings is 1. The molecule has 0 radical (unpaired) electrons. The Kier molecular flexibility index (Phi) is 4.64. The van der Waals surface area contributed by atoms with E-state index in [-0.39, 0.29) is 29.9 Å². The predicted octanol–water partition coefficient (Wildman–Crippen LogP) is 0.360. The molecule has 3 saturated heterocycles. The highest BCUT2D eigenvalue weighted by atomic mass is 16.5. The number of carbonyl (C=O) groups excluding carboxylic acids is 3. The molecule has 8 heteroatoms. The van der Waals surface area contributed by atoms with Crippen molar-refractivity contribution in [3.8, 4) is 0 Å². The third kappa shape index (κ3) is 3.25. The van der Waals surface area contributed by atoms with E-state index in [9.17, 15) is 14.4 Å².